The summed E-state index contributed by atoms with van der Waals surface area (Å²) < 4.78 is 5.96. The average Bonchev–Trinajstić information content (AvgIpc) is 3.00. The maximum absolute atomic E-state index is 11.6. The molecule has 4 heterocycles. The van der Waals surface area contributed by atoms with Crippen molar-refractivity contribution in [2.75, 3.05) is 31.1 Å². The quantitative estimate of drug-likeness (QED) is 0.932. The van der Waals surface area contributed by atoms with Gasteiger partial charge in [0.15, 0.2) is 5.58 Å². The molecule has 3 fully saturated rings. The summed E-state index contributed by atoms with van der Waals surface area (Å²) in [6.07, 6.45) is 2.49. The third-order valence-electron chi connectivity index (χ3n) is 5.28. The second-order valence-corrected chi connectivity index (χ2v) is 6.50. The molecule has 2 N–H and O–H groups in total. The fraction of sp³-hybridized carbons (Fsp3) is 0.529. The number of aromatic nitrogens is 1. The van der Waals surface area contributed by atoms with E-state index in [9.17, 15) is 4.79 Å². The molecule has 1 aromatic carbocycles. The molecule has 6 heteroatoms. The molecule has 1 amide bonds. The Bertz CT molecular complexity index is 733. The van der Waals surface area contributed by atoms with Crippen molar-refractivity contribution >= 4 is 23.0 Å². The highest BCUT2D eigenvalue weighted by atomic mass is 16.4. The van der Waals surface area contributed by atoms with Crippen molar-refractivity contribution in [2.45, 2.75) is 25.8 Å². The highest BCUT2D eigenvalue weighted by Gasteiger charge is 2.38. The Balaban J connectivity index is 1.72. The number of nitrogens with zero attached hydrogens (tertiary/aromatic N) is 3. The van der Waals surface area contributed by atoms with Crippen LogP contribution in [0.5, 0.6) is 0 Å². The zero-order valence-electron chi connectivity index (χ0n) is 13.4. The van der Waals surface area contributed by atoms with Crippen LogP contribution in [0.3, 0.4) is 0 Å². The zero-order chi connectivity index (χ0) is 16.0. The second kappa shape index (κ2) is 5.53. The van der Waals surface area contributed by atoms with Gasteiger partial charge < -0.3 is 20.0 Å². The van der Waals surface area contributed by atoms with Crippen LogP contribution in [0.25, 0.3) is 11.1 Å². The first-order valence-electron chi connectivity index (χ1n) is 8.35. The standard InChI is InChI=1S/C17H22N4O2/c1-2-21(13-10-20-8-6-11(13)7-9-20)17-19-15-12(16(18)22)4-3-5-14(15)23-17/h3-5,11,13H,2,6-10H2,1H3,(H2,18,22). The van der Waals surface area contributed by atoms with Gasteiger partial charge in [-0.25, -0.2) is 0 Å². The van der Waals surface area contributed by atoms with Gasteiger partial charge in [0.25, 0.3) is 11.9 Å². The Kier molecular flexibility index (Phi) is 3.49. The molecule has 1 unspecified atom stereocenters. The third-order valence-corrected chi connectivity index (χ3v) is 5.28. The number of hydrogen-bond donors (Lipinski definition) is 1. The lowest BCUT2D eigenvalue weighted by Crippen LogP contribution is -2.57. The molecule has 5 rings (SSSR count). The molecule has 122 valence electrons. The number of hydrogen-bond acceptors (Lipinski definition) is 5. The van der Waals surface area contributed by atoms with E-state index in [1.54, 1.807) is 12.1 Å². The van der Waals surface area contributed by atoms with Crippen LogP contribution in [0.1, 0.15) is 30.1 Å². The van der Waals surface area contributed by atoms with Crippen LogP contribution in [-0.2, 0) is 0 Å². The summed E-state index contributed by atoms with van der Waals surface area (Å²) in [5.41, 5.74) is 7.05. The summed E-state index contributed by atoms with van der Waals surface area (Å²) in [6, 6.07) is 6.36. The van der Waals surface area contributed by atoms with Crippen LogP contribution < -0.4 is 10.6 Å². The lowest BCUT2D eigenvalue weighted by molar-refractivity contribution is 0.0838. The number of likely N-dealkylation sites (N-methyl/N-ethyl adjacent to an activating group) is 1. The largest absolute Gasteiger partial charge is 0.423 e. The monoisotopic (exact) mass is 314 g/mol. The number of para-hydroxylation sites is 1. The predicted molar refractivity (Wildman–Crippen MR) is 88.5 cm³/mol. The molecule has 2 bridgehead atoms. The van der Waals surface area contributed by atoms with E-state index < -0.39 is 5.91 Å². The van der Waals surface area contributed by atoms with Crippen LogP contribution in [0.4, 0.5) is 6.01 Å². The number of piperidine rings is 3. The van der Waals surface area contributed by atoms with Crippen molar-refractivity contribution in [3.05, 3.63) is 23.8 Å². The minimum Gasteiger partial charge on any atom is -0.423 e. The Hall–Kier alpha value is -2.08. The van der Waals surface area contributed by atoms with Crippen molar-refractivity contribution in [3.8, 4) is 0 Å². The van der Waals surface area contributed by atoms with Gasteiger partial charge in [0, 0.05) is 19.1 Å². The number of benzene rings is 1. The molecular weight excluding hydrogens is 292 g/mol. The molecule has 2 aromatic rings. The van der Waals surface area contributed by atoms with Gasteiger partial charge in [-0.05, 0) is 50.9 Å². The first kappa shape index (κ1) is 14.5. The summed E-state index contributed by atoms with van der Waals surface area (Å²) in [5, 5.41) is 0. The molecule has 1 aromatic heterocycles. The van der Waals surface area contributed by atoms with Crippen molar-refractivity contribution in [1.82, 2.24) is 9.88 Å². The van der Waals surface area contributed by atoms with Crippen LogP contribution >= 0.6 is 0 Å². The minimum atomic E-state index is -0.471. The lowest BCUT2D eigenvalue weighted by Gasteiger charge is -2.48. The summed E-state index contributed by atoms with van der Waals surface area (Å²) in [4.78, 5) is 21.0. The minimum absolute atomic E-state index is 0.419. The first-order chi connectivity index (χ1) is 11.2. The molecule has 0 aliphatic carbocycles. The molecule has 0 radical (unpaired) electrons. The number of amides is 1. The van der Waals surface area contributed by atoms with E-state index in [4.69, 9.17) is 10.2 Å². The van der Waals surface area contributed by atoms with E-state index in [2.05, 4.69) is 21.7 Å². The predicted octanol–water partition coefficient (Wildman–Crippen LogP) is 1.85. The molecule has 3 aliphatic rings. The van der Waals surface area contributed by atoms with E-state index >= 15 is 0 Å². The summed E-state index contributed by atoms with van der Waals surface area (Å²) in [5.74, 6) is 0.229. The van der Waals surface area contributed by atoms with Gasteiger partial charge in [-0.1, -0.05) is 6.07 Å². The van der Waals surface area contributed by atoms with E-state index in [1.165, 1.54) is 25.9 Å². The van der Waals surface area contributed by atoms with Gasteiger partial charge in [-0.2, -0.15) is 4.98 Å². The van der Waals surface area contributed by atoms with Crippen molar-refractivity contribution < 1.29 is 9.21 Å². The first-order valence-corrected chi connectivity index (χ1v) is 8.35. The summed E-state index contributed by atoms with van der Waals surface area (Å²) in [6.45, 7) is 6.45. The SMILES string of the molecule is CCN(c1nc2c(C(N)=O)cccc2o1)C1CN2CCC1CC2. The number of carbonyl (C=O) groups excluding carboxylic acids is 1. The van der Waals surface area contributed by atoms with E-state index in [0.29, 0.717) is 34.6 Å². The molecule has 1 atom stereocenters. The van der Waals surface area contributed by atoms with Gasteiger partial charge in [-0.15, -0.1) is 0 Å². The van der Waals surface area contributed by atoms with E-state index in [-0.39, 0.29) is 0 Å². The van der Waals surface area contributed by atoms with Crippen molar-refractivity contribution in [1.29, 1.82) is 0 Å². The van der Waals surface area contributed by atoms with Gasteiger partial charge in [0.1, 0.15) is 5.52 Å². The highest BCUT2D eigenvalue weighted by Crippen LogP contribution is 2.34. The Labute approximate surface area is 135 Å². The van der Waals surface area contributed by atoms with Crippen LogP contribution in [0.2, 0.25) is 0 Å². The second-order valence-electron chi connectivity index (χ2n) is 6.50. The molecule has 3 aliphatic heterocycles. The molecule has 23 heavy (non-hydrogen) atoms. The van der Waals surface area contributed by atoms with Gasteiger partial charge in [-0.3, -0.25) is 4.79 Å². The average molecular weight is 314 g/mol. The summed E-state index contributed by atoms with van der Waals surface area (Å²) >= 11 is 0. The number of nitrogens with two attached hydrogens (primary N) is 1. The normalized spacial score (nSPS) is 26.6. The van der Waals surface area contributed by atoms with Gasteiger partial charge in [0.05, 0.1) is 5.56 Å². The van der Waals surface area contributed by atoms with E-state index in [0.717, 1.165) is 13.1 Å². The smallest absolute Gasteiger partial charge is 0.298 e. The Morgan fingerprint density at radius 2 is 2.22 bits per heavy atom. The molecule has 3 saturated heterocycles. The Morgan fingerprint density at radius 3 is 2.83 bits per heavy atom. The molecule has 0 spiro atoms. The number of carbonyl (C=O) groups is 1. The number of primary amides is 1. The Morgan fingerprint density at radius 1 is 1.43 bits per heavy atom. The van der Waals surface area contributed by atoms with E-state index in [1.807, 2.05) is 6.07 Å². The van der Waals surface area contributed by atoms with Gasteiger partial charge in [0.2, 0.25) is 0 Å². The maximum Gasteiger partial charge on any atom is 0.298 e. The van der Waals surface area contributed by atoms with Crippen LogP contribution in [0, 0.1) is 5.92 Å². The topological polar surface area (TPSA) is 75.6 Å². The van der Waals surface area contributed by atoms with Crippen molar-refractivity contribution in [3.63, 3.8) is 0 Å². The van der Waals surface area contributed by atoms with Gasteiger partial charge >= 0.3 is 0 Å². The molecular formula is C17H22N4O2. The van der Waals surface area contributed by atoms with Crippen LogP contribution in [0.15, 0.2) is 22.6 Å². The zero-order valence-corrected chi connectivity index (χ0v) is 13.4. The number of rotatable bonds is 4. The van der Waals surface area contributed by atoms with Crippen LogP contribution in [-0.4, -0.2) is 48.0 Å². The van der Waals surface area contributed by atoms with Crippen molar-refractivity contribution in [2.24, 2.45) is 11.7 Å². The third kappa shape index (κ3) is 2.37. The number of fused-ring (bicyclic) bond motifs is 4. The maximum atomic E-state index is 11.6. The fourth-order valence-corrected chi connectivity index (χ4v) is 4.06. The molecule has 0 saturated carbocycles. The number of oxazole rings is 1. The molecule has 6 nitrogen and oxygen atoms in total. The highest BCUT2D eigenvalue weighted by molar-refractivity contribution is 6.03. The lowest BCUT2D eigenvalue weighted by atomic mass is 9.83. The summed E-state index contributed by atoms with van der Waals surface area (Å²) in [7, 11) is 0. The fourth-order valence-electron chi connectivity index (χ4n) is 4.06. The number of anilines is 1.